The fourth-order valence-electron chi connectivity index (χ4n) is 2.91. The van der Waals surface area contributed by atoms with Gasteiger partial charge in [-0.15, -0.1) is 0 Å². The number of likely N-dealkylation sites (N-methyl/N-ethyl adjacent to an activating group) is 1. The largest absolute Gasteiger partial charge is 0.344 e. The number of amides is 1. The molecule has 2 aromatic rings. The topological polar surface area (TPSA) is 73.0 Å². The van der Waals surface area contributed by atoms with Crippen molar-refractivity contribution in [2.24, 2.45) is 0 Å². The van der Waals surface area contributed by atoms with E-state index in [2.05, 4.69) is 10.1 Å². The van der Waals surface area contributed by atoms with Crippen molar-refractivity contribution in [3.05, 3.63) is 35.7 Å². The standard InChI is InChI=1S/C17H25N5O2/c1-12(22-14(3)17(15(4)23)13(2)19-22)10-16(24)20(5)8-9-21-7-6-18-11-21/h6-7,11-12H,8-10H2,1-5H3/t12-/m0/s1. The first-order valence-electron chi connectivity index (χ1n) is 8.07. The lowest BCUT2D eigenvalue weighted by molar-refractivity contribution is -0.130. The Bertz CT molecular complexity index is 718. The summed E-state index contributed by atoms with van der Waals surface area (Å²) in [5, 5.41) is 4.44. The van der Waals surface area contributed by atoms with Crippen molar-refractivity contribution >= 4 is 11.7 Å². The minimum atomic E-state index is -0.0972. The van der Waals surface area contributed by atoms with E-state index in [-0.39, 0.29) is 17.7 Å². The minimum Gasteiger partial charge on any atom is -0.344 e. The highest BCUT2D eigenvalue weighted by Crippen LogP contribution is 2.20. The van der Waals surface area contributed by atoms with E-state index in [9.17, 15) is 9.59 Å². The Kier molecular flexibility index (Phi) is 5.54. The maximum Gasteiger partial charge on any atom is 0.224 e. The van der Waals surface area contributed by atoms with E-state index in [0.29, 0.717) is 30.8 Å². The van der Waals surface area contributed by atoms with Crippen LogP contribution >= 0.6 is 0 Å². The first kappa shape index (κ1) is 17.9. The fourth-order valence-corrected chi connectivity index (χ4v) is 2.91. The molecule has 2 aromatic heterocycles. The van der Waals surface area contributed by atoms with E-state index >= 15 is 0 Å². The molecule has 1 atom stereocenters. The van der Waals surface area contributed by atoms with E-state index < -0.39 is 0 Å². The van der Waals surface area contributed by atoms with Gasteiger partial charge < -0.3 is 9.47 Å². The summed E-state index contributed by atoms with van der Waals surface area (Å²) in [4.78, 5) is 29.8. The van der Waals surface area contributed by atoms with E-state index in [1.165, 1.54) is 0 Å². The second kappa shape index (κ2) is 7.42. The zero-order valence-corrected chi connectivity index (χ0v) is 15.0. The second-order valence-electron chi connectivity index (χ2n) is 6.22. The molecular weight excluding hydrogens is 306 g/mol. The molecule has 0 saturated heterocycles. The van der Waals surface area contributed by atoms with Crippen molar-refractivity contribution in [3.8, 4) is 0 Å². The van der Waals surface area contributed by atoms with E-state index in [4.69, 9.17) is 0 Å². The van der Waals surface area contributed by atoms with Crippen LogP contribution in [0.25, 0.3) is 0 Å². The number of imidazole rings is 1. The highest BCUT2D eigenvalue weighted by molar-refractivity contribution is 5.96. The molecule has 1 amide bonds. The van der Waals surface area contributed by atoms with Crippen molar-refractivity contribution in [3.63, 3.8) is 0 Å². The first-order chi connectivity index (χ1) is 11.3. The molecule has 24 heavy (non-hydrogen) atoms. The van der Waals surface area contributed by atoms with Crippen LogP contribution in [-0.2, 0) is 11.3 Å². The molecule has 0 spiro atoms. The smallest absolute Gasteiger partial charge is 0.224 e. The molecule has 7 nitrogen and oxygen atoms in total. The number of carbonyl (C=O) groups is 2. The second-order valence-corrected chi connectivity index (χ2v) is 6.22. The zero-order valence-electron chi connectivity index (χ0n) is 15.0. The van der Waals surface area contributed by atoms with Crippen LogP contribution in [-0.4, -0.2) is 49.5 Å². The lowest BCUT2D eigenvalue weighted by atomic mass is 10.1. The third kappa shape index (κ3) is 3.90. The van der Waals surface area contributed by atoms with Gasteiger partial charge in [-0.1, -0.05) is 0 Å². The van der Waals surface area contributed by atoms with Crippen LogP contribution < -0.4 is 0 Å². The summed E-state index contributed by atoms with van der Waals surface area (Å²) in [5.41, 5.74) is 2.19. The van der Waals surface area contributed by atoms with Gasteiger partial charge in [0.15, 0.2) is 5.78 Å². The number of aromatic nitrogens is 4. The molecule has 0 radical (unpaired) electrons. The van der Waals surface area contributed by atoms with Crippen LogP contribution in [0.4, 0.5) is 0 Å². The van der Waals surface area contributed by atoms with Crippen LogP contribution in [0.3, 0.4) is 0 Å². The minimum absolute atomic E-state index is 0.00669. The number of hydrogen-bond acceptors (Lipinski definition) is 4. The summed E-state index contributed by atoms with van der Waals surface area (Å²) < 4.78 is 3.72. The number of aryl methyl sites for hydroxylation is 1. The molecule has 7 heteroatoms. The van der Waals surface area contributed by atoms with Crippen LogP contribution in [0, 0.1) is 13.8 Å². The van der Waals surface area contributed by atoms with Crippen molar-refractivity contribution < 1.29 is 9.59 Å². The summed E-state index contributed by atoms with van der Waals surface area (Å²) >= 11 is 0. The molecule has 130 valence electrons. The highest BCUT2D eigenvalue weighted by atomic mass is 16.2. The quantitative estimate of drug-likeness (QED) is 0.728. The van der Waals surface area contributed by atoms with Crippen LogP contribution in [0.5, 0.6) is 0 Å². The Morgan fingerprint density at radius 3 is 2.58 bits per heavy atom. The van der Waals surface area contributed by atoms with Gasteiger partial charge in [0.2, 0.25) is 5.91 Å². The van der Waals surface area contributed by atoms with Crippen molar-refractivity contribution in [2.45, 2.75) is 46.7 Å². The summed E-state index contributed by atoms with van der Waals surface area (Å²) in [6.45, 7) is 8.53. The number of hydrogen-bond donors (Lipinski definition) is 0. The van der Waals surface area contributed by atoms with Crippen LogP contribution in [0.15, 0.2) is 18.7 Å². The molecule has 0 unspecified atom stereocenters. The molecule has 0 fully saturated rings. The Morgan fingerprint density at radius 2 is 2.04 bits per heavy atom. The zero-order chi connectivity index (χ0) is 17.9. The van der Waals surface area contributed by atoms with Gasteiger partial charge in [-0.2, -0.15) is 5.10 Å². The summed E-state index contributed by atoms with van der Waals surface area (Å²) in [6, 6.07) is -0.0972. The van der Waals surface area contributed by atoms with Crippen molar-refractivity contribution in [1.29, 1.82) is 0 Å². The Morgan fingerprint density at radius 1 is 1.33 bits per heavy atom. The maximum atomic E-state index is 12.4. The molecule has 0 aliphatic heterocycles. The maximum absolute atomic E-state index is 12.4. The van der Waals surface area contributed by atoms with Crippen molar-refractivity contribution in [2.75, 3.05) is 13.6 Å². The third-order valence-corrected chi connectivity index (χ3v) is 4.24. The molecule has 0 aliphatic carbocycles. The monoisotopic (exact) mass is 331 g/mol. The number of Topliss-reactive ketones (excluding diaryl/α,β-unsaturated/α-hetero) is 1. The molecule has 0 aliphatic rings. The Hall–Kier alpha value is -2.44. The average molecular weight is 331 g/mol. The van der Waals surface area contributed by atoms with Gasteiger partial charge in [-0.05, 0) is 27.7 Å². The van der Waals surface area contributed by atoms with Gasteiger partial charge in [0, 0.05) is 44.6 Å². The van der Waals surface area contributed by atoms with Gasteiger partial charge in [-0.3, -0.25) is 14.3 Å². The van der Waals surface area contributed by atoms with Crippen LogP contribution in [0.1, 0.15) is 48.1 Å². The van der Waals surface area contributed by atoms with E-state index in [1.807, 2.05) is 31.5 Å². The fraction of sp³-hybridized carbons (Fsp3) is 0.529. The number of rotatable bonds is 7. The number of nitrogens with zero attached hydrogens (tertiary/aromatic N) is 5. The Balaban J connectivity index is 1.98. The summed E-state index contributed by atoms with van der Waals surface area (Å²) in [7, 11) is 1.80. The van der Waals surface area contributed by atoms with Gasteiger partial charge in [-0.25, -0.2) is 4.98 Å². The van der Waals surface area contributed by atoms with Gasteiger partial charge in [0.25, 0.3) is 0 Å². The lowest BCUT2D eigenvalue weighted by Crippen LogP contribution is -2.31. The van der Waals surface area contributed by atoms with Crippen LogP contribution in [0.2, 0.25) is 0 Å². The van der Waals surface area contributed by atoms with E-state index in [1.54, 1.807) is 36.1 Å². The summed E-state index contributed by atoms with van der Waals surface area (Å²) in [5.74, 6) is 0.0618. The van der Waals surface area contributed by atoms with Gasteiger partial charge in [0.05, 0.1) is 23.6 Å². The van der Waals surface area contributed by atoms with Gasteiger partial charge in [0.1, 0.15) is 0 Å². The molecular formula is C17H25N5O2. The predicted molar refractivity (Wildman–Crippen MR) is 90.9 cm³/mol. The Labute approximate surface area is 142 Å². The third-order valence-electron chi connectivity index (χ3n) is 4.24. The number of ketones is 1. The molecule has 0 aromatic carbocycles. The highest BCUT2D eigenvalue weighted by Gasteiger charge is 2.21. The molecule has 2 rings (SSSR count). The van der Waals surface area contributed by atoms with Gasteiger partial charge >= 0.3 is 0 Å². The predicted octanol–water partition coefficient (Wildman–Crippen LogP) is 2.01. The molecule has 0 saturated carbocycles. The SMILES string of the molecule is CC(=O)c1c(C)nn([C@@H](C)CC(=O)N(C)CCn2ccnc2)c1C. The normalized spacial score (nSPS) is 12.2. The van der Waals surface area contributed by atoms with Crippen molar-refractivity contribution in [1.82, 2.24) is 24.2 Å². The molecule has 0 N–H and O–H groups in total. The lowest BCUT2D eigenvalue weighted by Gasteiger charge is -2.21. The number of carbonyl (C=O) groups excluding carboxylic acids is 2. The molecule has 0 bridgehead atoms. The average Bonchev–Trinajstić information content (AvgIpc) is 3.12. The summed E-state index contributed by atoms with van der Waals surface area (Å²) in [6.07, 6.45) is 5.68. The first-order valence-corrected chi connectivity index (χ1v) is 8.07. The molecule has 2 heterocycles. The van der Waals surface area contributed by atoms with E-state index in [0.717, 1.165) is 5.69 Å².